The zero-order chi connectivity index (χ0) is 11.8. The summed E-state index contributed by atoms with van der Waals surface area (Å²) in [6, 6.07) is 2.77. The predicted octanol–water partition coefficient (Wildman–Crippen LogP) is 2.74. The third-order valence-corrected chi connectivity index (χ3v) is 4.35. The Kier molecular flexibility index (Phi) is 2.69. The molecule has 1 aliphatic carbocycles. The number of rotatable bonds is 1. The molecule has 1 saturated carbocycles. The second-order valence-electron chi connectivity index (χ2n) is 5.50. The standard InChI is InChI=1S/C14H21N3/c1-10-8-12(15)9-16-14(10)17-7-6-11-4-2-3-5-13(11)17/h8-9,11,13H,2-7,15H2,1H3. The van der Waals surface area contributed by atoms with Crippen LogP contribution in [-0.2, 0) is 0 Å². The maximum absolute atomic E-state index is 5.78. The third-order valence-electron chi connectivity index (χ3n) is 4.35. The van der Waals surface area contributed by atoms with E-state index in [0.717, 1.165) is 23.5 Å². The van der Waals surface area contributed by atoms with Crippen LogP contribution in [0.25, 0.3) is 0 Å². The summed E-state index contributed by atoms with van der Waals surface area (Å²) >= 11 is 0. The molecule has 2 aliphatic rings. The lowest BCUT2D eigenvalue weighted by Gasteiger charge is -2.33. The molecule has 3 rings (SSSR count). The van der Waals surface area contributed by atoms with Gasteiger partial charge in [-0.25, -0.2) is 4.98 Å². The molecule has 0 spiro atoms. The van der Waals surface area contributed by atoms with E-state index >= 15 is 0 Å². The average Bonchev–Trinajstić information content (AvgIpc) is 2.73. The highest BCUT2D eigenvalue weighted by Crippen LogP contribution is 2.39. The number of nitrogens with zero attached hydrogens (tertiary/aromatic N) is 2. The van der Waals surface area contributed by atoms with Crippen molar-refractivity contribution in [3.8, 4) is 0 Å². The molecule has 92 valence electrons. The molecule has 0 radical (unpaired) electrons. The molecule has 0 bridgehead atoms. The number of hydrogen-bond donors (Lipinski definition) is 1. The van der Waals surface area contributed by atoms with E-state index in [1.807, 2.05) is 6.07 Å². The number of fused-ring (bicyclic) bond motifs is 1. The van der Waals surface area contributed by atoms with Crippen LogP contribution in [0.5, 0.6) is 0 Å². The van der Waals surface area contributed by atoms with Crippen LogP contribution in [-0.4, -0.2) is 17.6 Å². The summed E-state index contributed by atoms with van der Waals surface area (Å²) in [5, 5.41) is 0. The van der Waals surface area contributed by atoms with Crippen molar-refractivity contribution in [2.24, 2.45) is 5.92 Å². The first-order valence-electron chi connectivity index (χ1n) is 6.74. The predicted molar refractivity (Wildman–Crippen MR) is 71.1 cm³/mol. The first-order chi connectivity index (χ1) is 8.25. The topological polar surface area (TPSA) is 42.1 Å². The van der Waals surface area contributed by atoms with E-state index in [4.69, 9.17) is 5.73 Å². The Hall–Kier alpha value is -1.25. The van der Waals surface area contributed by atoms with Crippen molar-refractivity contribution in [1.29, 1.82) is 0 Å². The van der Waals surface area contributed by atoms with Gasteiger partial charge in [-0.05, 0) is 43.7 Å². The fourth-order valence-electron chi connectivity index (χ4n) is 3.56. The average molecular weight is 231 g/mol. The van der Waals surface area contributed by atoms with Crippen molar-refractivity contribution in [2.75, 3.05) is 17.2 Å². The molecule has 3 nitrogen and oxygen atoms in total. The minimum atomic E-state index is 0.735. The van der Waals surface area contributed by atoms with Crippen LogP contribution in [0.3, 0.4) is 0 Å². The summed E-state index contributed by atoms with van der Waals surface area (Å²) < 4.78 is 0. The number of nitrogen functional groups attached to an aromatic ring is 1. The minimum Gasteiger partial charge on any atom is -0.397 e. The molecule has 0 amide bonds. The smallest absolute Gasteiger partial charge is 0.131 e. The normalized spacial score (nSPS) is 28.2. The molecular formula is C14H21N3. The lowest BCUT2D eigenvalue weighted by atomic mass is 9.85. The van der Waals surface area contributed by atoms with Crippen LogP contribution < -0.4 is 10.6 Å². The molecule has 3 heteroatoms. The maximum atomic E-state index is 5.78. The van der Waals surface area contributed by atoms with Crippen molar-refractivity contribution in [3.63, 3.8) is 0 Å². The van der Waals surface area contributed by atoms with Gasteiger partial charge in [-0.15, -0.1) is 0 Å². The molecule has 1 aliphatic heterocycles. The van der Waals surface area contributed by atoms with Crippen LogP contribution >= 0.6 is 0 Å². The van der Waals surface area contributed by atoms with Crippen molar-refractivity contribution < 1.29 is 0 Å². The largest absolute Gasteiger partial charge is 0.397 e. The quantitative estimate of drug-likeness (QED) is 0.808. The minimum absolute atomic E-state index is 0.735. The molecule has 2 fully saturated rings. The SMILES string of the molecule is Cc1cc(N)cnc1N1CCC2CCCCC21. The Morgan fingerprint density at radius 3 is 2.94 bits per heavy atom. The van der Waals surface area contributed by atoms with Gasteiger partial charge in [0.25, 0.3) is 0 Å². The van der Waals surface area contributed by atoms with Gasteiger partial charge in [-0.3, -0.25) is 0 Å². The number of anilines is 2. The van der Waals surface area contributed by atoms with Crippen molar-refractivity contribution >= 4 is 11.5 Å². The van der Waals surface area contributed by atoms with E-state index in [1.165, 1.54) is 44.2 Å². The highest BCUT2D eigenvalue weighted by Gasteiger charge is 2.36. The van der Waals surface area contributed by atoms with Gasteiger partial charge in [-0.1, -0.05) is 12.8 Å². The van der Waals surface area contributed by atoms with E-state index < -0.39 is 0 Å². The number of aromatic nitrogens is 1. The summed E-state index contributed by atoms with van der Waals surface area (Å²) in [5.41, 5.74) is 7.76. The fourth-order valence-corrected chi connectivity index (χ4v) is 3.56. The highest BCUT2D eigenvalue weighted by atomic mass is 15.2. The van der Waals surface area contributed by atoms with Crippen molar-refractivity contribution in [1.82, 2.24) is 4.98 Å². The van der Waals surface area contributed by atoms with Gasteiger partial charge in [-0.2, -0.15) is 0 Å². The molecule has 1 aromatic rings. The molecule has 2 heterocycles. The number of nitrogens with two attached hydrogens (primary N) is 1. The monoisotopic (exact) mass is 231 g/mol. The van der Waals surface area contributed by atoms with Crippen molar-refractivity contribution in [3.05, 3.63) is 17.8 Å². The Balaban J connectivity index is 1.88. The molecule has 1 saturated heterocycles. The van der Waals surface area contributed by atoms with Crippen LogP contribution in [0.2, 0.25) is 0 Å². The lowest BCUT2D eigenvalue weighted by Crippen LogP contribution is -2.35. The highest BCUT2D eigenvalue weighted by molar-refractivity contribution is 5.54. The fraction of sp³-hybridized carbons (Fsp3) is 0.643. The van der Waals surface area contributed by atoms with E-state index in [0.29, 0.717) is 0 Å². The summed E-state index contributed by atoms with van der Waals surface area (Å²) in [7, 11) is 0. The Morgan fingerprint density at radius 1 is 1.29 bits per heavy atom. The second-order valence-corrected chi connectivity index (χ2v) is 5.50. The van der Waals surface area contributed by atoms with Gasteiger partial charge in [0.05, 0.1) is 11.9 Å². The molecule has 17 heavy (non-hydrogen) atoms. The first kappa shape index (κ1) is 10.9. The summed E-state index contributed by atoms with van der Waals surface area (Å²) in [5.74, 6) is 2.07. The zero-order valence-electron chi connectivity index (χ0n) is 10.5. The number of aryl methyl sites for hydroxylation is 1. The zero-order valence-corrected chi connectivity index (χ0v) is 10.5. The van der Waals surface area contributed by atoms with E-state index in [2.05, 4.69) is 16.8 Å². The molecule has 0 aromatic carbocycles. The summed E-state index contributed by atoms with van der Waals surface area (Å²) in [4.78, 5) is 7.08. The van der Waals surface area contributed by atoms with Crippen molar-refractivity contribution in [2.45, 2.75) is 45.1 Å². The maximum Gasteiger partial charge on any atom is 0.131 e. The molecule has 1 aromatic heterocycles. The van der Waals surface area contributed by atoms with Gasteiger partial charge in [0.1, 0.15) is 5.82 Å². The van der Waals surface area contributed by atoms with Crippen LogP contribution in [0.4, 0.5) is 11.5 Å². The molecular weight excluding hydrogens is 210 g/mol. The van der Waals surface area contributed by atoms with Crippen LogP contribution in [0.1, 0.15) is 37.7 Å². The van der Waals surface area contributed by atoms with E-state index in [-0.39, 0.29) is 0 Å². The van der Waals surface area contributed by atoms with Gasteiger partial charge in [0.15, 0.2) is 0 Å². The molecule has 2 atom stereocenters. The van der Waals surface area contributed by atoms with Crippen LogP contribution in [0.15, 0.2) is 12.3 Å². The number of hydrogen-bond acceptors (Lipinski definition) is 3. The summed E-state index contributed by atoms with van der Waals surface area (Å²) in [6.45, 7) is 3.29. The van der Waals surface area contributed by atoms with Gasteiger partial charge >= 0.3 is 0 Å². The molecule has 2 N–H and O–H groups in total. The second kappa shape index (κ2) is 4.21. The Labute approximate surface area is 103 Å². The van der Waals surface area contributed by atoms with Gasteiger partial charge < -0.3 is 10.6 Å². The third kappa shape index (κ3) is 1.88. The van der Waals surface area contributed by atoms with Crippen LogP contribution in [0, 0.1) is 12.8 Å². The van der Waals surface area contributed by atoms with E-state index in [1.54, 1.807) is 6.20 Å². The number of pyridine rings is 1. The summed E-state index contributed by atoms with van der Waals surface area (Å²) in [6.07, 6.45) is 8.69. The Morgan fingerprint density at radius 2 is 2.12 bits per heavy atom. The van der Waals surface area contributed by atoms with Gasteiger partial charge in [0, 0.05) is 12.6 Å². The Bertz CT molecular complexity index is 416. The van der Waals surface area contributed by atoms with Gasteiger partial charge in [0.2, 0.25) is 0 Å². The first-order valence-corrected chi connectivity index (χ1v) is 6.74. The lowest BCUT2D eigenvalue weighted by molar-refractivity contribution is 0.341. The molecule has 2 unspecified atom stereocenters. The van der Waals surface area contributed by atoms with E-state index in [9.17, 15) is 0 Å².